The van der Waals surface area contributed by atoms with Gasteiger partial charge in [-0.2, -0.15) is 0 Å². The Morgan fingerprint density at radius 2 is 1.04 bits per heavy atom. The van der Waals surface area contributed by atoms with E-state index in [1.54, 1.807) is 0 Å². The second-order valence-corrected chi connectivity index (χ2v) is 6.25. The molecule has 4 atom stereocenters. The van der Waals surface area contributed by atoms with Gasteiger partial charge in [-0.3, -0.25) is 0 Å². The molecule has 1 heterocycles. The maximum absolute atomic E-state index is 9.77. The number of nitrogens with one attached hydrogen (secondary N) is 2. The monoisotopic (exact) mass is 388 g/mol. The fourth-order valence-corrected chi connectivity index (χ4v) is 2.90. The number of carboxylic acids is 2. The van der Waals surface area contributed by atoms with Crippen LogP contribution >= 0.6 is 0 Å². The zero-order chi connectivity index (χ0) is 20.5. The molecule has 0 radical (unpaired) electrons. The third-order valence-electron chi connectivity index (χ3n) is 4.31. The van der Waals surface area contributed by atoms with Crippen molar-refractivity contribution < 1.29 is 30.0 Å². The Labute approximate surface area is 162 Å². The summed E-state index contributed by atoms with van der Waals surface area (Å²) in [5.74, 6) is -3.54. The molecule has 28 heavy (non-hydrogen) atoms. The maximum Gasteiger partial charge on any atom is 0.335 e. The van der Waals surface area contributed by atoms with Crippen molar-refractivity contribution in [1.82, 2.24) is 10.6 Å². The van der Waals surface area contributed by atoms with Crippen molar-refractivity contribution in [3.63, 3.8) is 0 Å². The molecule has 0 saturated carbocycles. The maximum atomic E-state index is 9.77. The van der Waals surface area contributed by atoms with Crippen molar-refractivity contribution in [3.05, 3.63) is 71.8 Å². The number of carboxylic acid groups (broad SMARTS) is 2. The highest BCUT2D eigenvalue weighted by atomic mass is 16.4. The summed E-state index contributed by atoms with van der Waals surface area (Å²) in [6.07, 6.45) is -4.53. The molecule has 0 aliphatic carbocycles. The number of aliphatic hydroxyl groups is 2. The van der Waals surface area contributed by atoms with Crippen LogP contribution < -0.4 is 10.6 Å². The predicted molar refractivity (Wildman–Crippen MR) is 102 cm³/mol. The summed E-state index contributed by atoms with van der Waals surface area (Å²) in [5.41, 5.74) is 2.69. The van der Waals surface area contributed by atoms with Gasteiger partial charge in [-0.25, -0.2) is 9.59 Å². The second-order valence-electron chi connectivity index (χ2n) is 6.25. The van der Waals surface area contributed by atoms with Crippen molar-refractivity contribution in [2.75, 3.05) is 13.1 Å². The second kappa shape index (κ2) is 10.5. The number of aliphatic carboxylic acids is 2. The smallest absolute Gasteiger partial charge is 0.335 e. The third kappa shape index (κ3) is 5.86. The molecule has 8 nitrogen and oxygen atoms in total. The largest absolute Gasteiger partial charge is 0.479 e. The van der Waals surface area contributed by atoms with Crippen molar-refractivity contribution >= 4 is 11.9 Å². The summed E-state index contributed by atoms with van der Waals surface area (Å²) in [7, 11) is 0. The van der Waals surface area contributed by atoms with Gasteiger partial charge in [0.05, 0.1) is 12.1 Å². The lowest BCUT2D eigenvalue weighted by Crippen LogP contribution is -2.45. The zero-order valence-corrected chi connectivity index (χ0v) is 15.1. The van der Waals surface area contributed by atoms with Gasteiger partial charge in [0.1, 0.15) is 0 Å². The number of carbonyl (C=O) groups is 2. The lowest BCUT2D eigenvalue weighted by atomic mass is 9.92. The topological polar surface area (TPSA) is 139 Å². The highest BCUT2D eigenvalue weighted by Crippen LogP contribution is 2.30. The van der Waals surface area contributed by atoms with Gasteiger partial charge in [-0.1, -0.05) is 60.7 Å². The zero-order valence-electron chi connectivity index (χ0n) is 15.1. The van der Waals surface area contributed by atoms with Gasteiger partial charge in [0.15, 0.2) is 12.2 Å². The first-order valence-corrected chi connectivity index (χ1v) is 8.80. The predicted octanol–water partition coefficient (Wildman–Crippen LogP) is 0.539. The Morgan fingerprint density at radius 3 is 1.32 bits per heavy atom. The van der Waals surface area contributed by atoms with E-state index in [1.165, 1.54) is 11.1 Å². The lowest BCUT2D eigenvalue weighted by Gasteiger charge is -2.34. The van der Waals surface area contributed by atoms with E-state index >= 15 is 0 Å². The molecule has 6 N–H and O–H groups in total. The van der Waals surface area contributed by atoms with Crippen LogP contribution in [0.5, 0.6) is 0 Å². The summed E-state index contributed by atoms with van der Waals surface area (Å²) in [6.45, 7) is 2.03. The van der Waals surface area contributed by atoms with Crippen LogP contribution in [0.25, 0.3) is 0 Å². The molecular formula is C20H24N2O6. The normalized spacial score (nSPS) is 20.9. The van der Waals surface area contributed by atoms with E-state index in [0.29, 0.717) is 12.1 Å². The Balaban J connectivity index is 0.000000242. The average Bonchev–Trinajstić information content (AvgIpc) is 2.74. The minimum Gasteiger partial charge on any atom is -0.479 e. The van der Waals surface area contributed by atoms with Crippen molar-refractivity contribution in [1.29, 1.82) is 0 Å². The molecule has 1 fully saturated rings. The first-order chi connectivity index (χ1) is 13.4. The first kappa shape index (κ1) is 21.5. The molecule has 0 amide bonds. The van der Waals surface area contributed by atoms with E-state index in [4.69, 9.17) is 20.4 Å². The van der Waals surface area contributed by atoms with Crippen molar-refractivity contribution in [2.24, 2.45) is 0 Å². The average molecular weight is 388 g/mol. The quantitative estimate of drug-likeness (QED) is 0.436. The van der Waals surface area contributed by atoms with Crippen molar-refractivity contribution in [3.8, 4) is 0 Å². The molecule has 0 aromatic heterocycles. The molecule has 1 saturated heterocycles. The number of piperazine rings is 1. The lowest BCUT2D eigenvalue weighted by molar-refractivity contribution is -0.165. The minimum absolute atomic E-state index is 0.349. The summed E-state index contributed by atoms with van der Waals surface area (Å²) in [6, 6.07) is 22.0. The SMILES string of the molecule is O=C(O)[C@H](O)[C@@H](O)C(=O)O.c1ccc([C@@H]2NCCN[C@H]2c2ccccc2)cc1. The van der Waals surface area contributed by atoms with Gasteiger partial charge in [0.2, 0.25) is 0 Å². The van der Waals surface area contributed by atoms with Crippen LogP contribution in [-0.4, -0.2) is 57.7 Å². The molecule has 1 aliphatic rings. The minimum atomic E-state index is -2.27. The third-order valence-corrected chi connectivity index (χ3v) is 4.31. The number of hydrogen-bond acceptors (Lipinski definition) is 6. The highest BCUT2D eigenvalue weighted by molar-refractivity contribution is 5.83. The Kier molecular flexibility index (Phi) is 8.09. The molecule has 2 aromatic rings. The fraction of sp³-hybridized carbons (Fsp3) is 0.300. The van der Waals surface area contributed by atoms with Crippen LogP contribution in [0, 0.1) is 0 Å². The van der Waals surface area contributed by atoms with E-state index in [0.717, 1.165) is 13.1 Å². The van der Waals surface area contributed by atoms with Gasteiger partial charge in [-0.15, -0.1) is 0 Å². The van der Waals surface area contributed by atoms with E-state index in [-0.39, 0.29) is 0 Å². The van der Waals surface area contributed by atoms with Crippen LogP contribution in [0.15, 0.2) is 60.7 Å². The van der Waals surface area contributed by atoms with E-state index in [9.17, 15) is 9.59 Å². The summed E-state index contributed by atoms with van der Waals surface area (Å²) >= 11 is 0. The van der Waals surface area contributed by atoms with Crippen molar-refractivity contribution in [2.45, 2.75) is 24.3 Å². The van der Waals surface area contributed by atoms with Crippen LogP contribution in [0.3, 0.4) is 0 Å². The molecule has 0 unspecified atom stereocenters. The highest BCUT2D eigenvalue weighted by Gasteiger charge is 2.29. The number of benzene rings is 2. The standard InChI is InChI=1S/C16H18N2.C4H6O6/c1-3-7-13(8-4-1)15-16(18-12-11-17-15)14-9-5-2-6-10-14;5-1(3(7)8)2(6)4(9)10/h1-10,15-18H,11-12H2;1-2,5-6H,(H,7,8)(H,9,10)/t15-,16-;1-,2-/m01/s1. The van der Waals surface area contributed by atoms with E-state index in [2.05, 4.69) is 71.3 Å². The molecule has 2 aromatic carbocycles. The van der Waals surface area contributed by atoms with E-state index < -0.39 is 24.1 Å². The van der Waals surface area contributed by atoms with Crippen LogP contribution in [0.2, 0.25) is 0 Å². The molecule has 3 rings (SSSR count). The number of hydrogen-bond donors (Lipinski definition) is 6. The number of aliphatic hydroxyl groups excluding tert-OH is 2. The van der Waals surface area contributed by atoms with Gasteiger partial charge < -0.3 is 31.1 Å². The summed E-state index contributed by atoms with van der Waals surface area (Å²) in [5, 5.41) is 39.8. The van der Waals surface area contributed by atoms with Gasteiger partial charge in [0, 0.05) is 13.1 Å². The molecule has 0 bridgehead atoms. The fourth-order valence-electron chi connectivity index (χ4n) is 2.90. The Hall–Kier alpha value is -2.78. The van der Waals surface area contributed by atoms with Gasteiger partial charge >= 0.3 is 11.9 Å². The van der Waals surface area contributed by atoms with Crippen LogP contribution in [0.1, 0.15) is 23.2 Å². The molecular weight excluding hydrogens is 364 g/mol. The summed E-state index contributed by atoms with van der Waals surface area (Å²) < 4.78 is 0. The molecule has 0 spiro atoms. The Bertz CT molecular complexity index is 690. The molecule has 8 heteroatoms. The van der Waals surface area contributed by atoms with Crippen LogP contribution in [0.4, 0.5) is 0 Å². The Morgan fingerprint density at radius 1 is 0.714 bits per heavy atom. The number of rotatable bonds is 5. The van der Waals surface area contributed by atoms with Gasteiger partial charge in [-0.05, 0) is 11.1 Å². The van der Waals surface area contributed by atoms with Gasteiger partial charge in [0.25, 0.3) is 0 Å². The van der Waals surface area contributed by atoms with E-state index in [1.807, 2.05) is 0 Å². The van der Waals surface area contributed by atoms with Crippen LogP contribution in [-0.2, 0) is 9.59 Å². The first-order valence-electron chi connectivity index (χ1n) is 8.80. The summed E-state index contributed by atoms with van der Waals surface area (Å²) in [4.78, 5) is 19.5. The molecule has 1 aliphatic heterocycles. The molecule has 150 valence electrons.